The Hall–Kier alpha value is -1.32. The maximum Gasteiger partial charge on any atom is 0.218 e. The zero-order valence-electron chi connectivity index (χ0n) is 11.6. The van der Waals surface area contributed by atoms with Gasteiger partial charge in [0.15, 0.2) is 0 Å². The Morgan fingerprint density at radius 1 is 1.33 bits per heavy atom. The van der Waals surface area contributed by atoms with Crippen LogP contribution in [0.4, 0.5) is 5.82 Å². The highest BCUT2D eigenvalue weighted by Gasteiger charge is 2.28. The van der Waals surface area contributed by atoms with Gasteiger partial charge in [-0.1, -0.05) is 19.8 Å². The summed E-state index contributed by atoms with van der Waals surface area (Å²) in [6, 6.07) is 1.88. The van der Waals surface area contributed by atoms with Crippen LogP contribution in [0.1, 0.15) is 45.4 Å². The largest absolute Gasteiger partial charge is 0.478 e. The quantitative estimate of drug-likeness (QED) is 0.870. The van der Waals surface area contributed by atoms with Crippen molar-refractivity contribution >= 4 is 5.82 Å². The van der Waals surface area contributed by atoms with Gasteiger partial charge in [-0.2, -0.15) is 4.98 Å². The van der Waals surface area contributed by atoms with Crippen molar-refractivity contribution in [2.45, 2.75) is 46.5 Å². The first-order chi connectivity index (χ1) is 8.61. The van der Waals surface area contributed by atoms with Crippen molar-refractivity contribution in [1.82, 2.24) is 9.97 Å². The Labute approximate surface area is 109 Å². The molecular weight excluding hydrogens is 226 g/mol. The number of nitrogens with one attached hydrogen (secondary N) is 1. The number of anilines is 1. The summed E-state index contributed by atoms with van der Waals surface area (Å²) in [4.78, 5) is 8.65. The minimum atomic E-state index is 0.421. The molecule has 1 N–H and O–H groups in total. The van der Waals surface area contributed by atoms with E-state index in [-0.39, 0.29) is 0 Å². The fraction of sp³-hybridized carbons (Fsp3) is 0.714. The highest BCUT2D eigenvalue weighted by Crippen LogP contribution is 2.37. The van der Waals surface area contributed by atoms with E-state index in [1.165, 1.54) is 25.7 Å². The lowest BCUT2D eigenvalue weighted by Crippen LogP contribution is -2.23. The van der Waals surface area contributed by atoms with E-state index in [2.05, 4.69) is 22.2 Å². The molecule has 100 valence electrons. The predicted molar refractivity (Wildman–Crippen MR) is 73.0 cm³/mol. The molecule has 18 heavy (non-hydrogen) atoms. The molecule has 1 heterocycles. The highest BCUT2D eigenvalue weighted by atomic mass is 16.5. The van der Waals surface area contributed by atoms with E-state index >= 15 is 0 Å². The Morgan fingerprint density at radius 2 is 2.06 bits per heavy atom. The molecule has 2 rings (SSSR count). The Balaban J connectivity index is 2.00. The lowest BCUT2D eigenvalue weighted by atomic mass is 9.89. The third-order valence-electron chi connectivity index (χ3n) is 3.61. The lowest BCUT2D eigenvalue weighted by molar-refractivity contribution is 0.325. The van der Waals surface area contributed by atoms with Crippen molar-refractivity contribution in [3.63, 3.8) is 0 Å². The Bertz CT molecular complexity index is 400. The van der Waals surface area contributed by atoms with Crippen LogP contribution >= 0.6 is 0 Å². The second kappa shape index (κ2) is 5.55. The molecule has 1 aromatic rings. The predicted octanol–water partition coefficient (Wildman–Crippen LogP) is 3.18. The summed E-state index contributed by atoms with van der Waals surface area (Å²) in [6.07, 6.45) is 5.32. The van der Waals surface area contributed by atoms with E-state index in [4.69, 9.17) is 4.74 Å². The number of nitrogens with zero attached hydrogens (tertiary/aromatic N) is 2. The SMILES string of the molecule is CCOc1cc(NCC2(C)CCCC2)nc(C)n1. The van der Waals surface area contributed by atoms with Gasteiger partial charge in [0.05, 0.1) is 6.61 Å². The van der Waals surface area contributed by atoms with Gasteiger partial charge < -0.3 is 10.1 Å². The van der Waals surface area contributed by atoms with Crippen molar-refractivity contribution in [2.24, 2.45) is 5.41 Å². The van der Waals surface area contributed by atoms with Gasteiger partial charge >= 0.3 is 0 Å². The fourth-order valence-electron chi connectivity index (χ4n) is 2.56. The summed E-state index contributed by atoms with van der Waals surface area (Å²) >= 11 is 0. The minimum Gasteiger partial charge on any atom is -0.478 e. The first-order valence-electron chi connectivity index (χ1n) is 6.84. The Morgan fingerprint density at radius 3 is 2.72 bits per heavy atom. The number of hydrogen-bond donors (Lipinski definition) is 1. The van der Waals surface area contributed by atoms with Crippen molar-refractivity contribution in [1.29, 1.82) is 0 Å². The van der Waals surface area contributed by atoms with Gasteiger partial charge in [0.25, 0.3) is 0 Å². The molecule has 0 unspecified atom stereocenters. The maximum atomic E-state index is 5.43. The summed E-state index contributed by atoms with van der Waals surface area (Å²) < 4.78 is 5.43. The smallest absolute Gasteiger partial charge is 0.218 e. The van der Waals surface area contributed by atoms with E-state index in [0.717, 1.165) is 18.2 Å². The van der Waals surface area contributed by atoms with Crippen LogP contribution in [0.5, 0.6) is 5.88 Å². The molecule has 4 heteroatoms. The van der Waals surface area contributed by atoms with E-state index in [1.54, 1.807) is 0 Å². The monoisotopic (exact) mass is 249 g/mol. The summed E-state index contributed by atoms with van der Waals surface area (Å²) in [5.41, 5.74) is 0.421. The molecule has 1 saturated carbocycles. The second-order valence-corrected chi connectivity index (χ2v) is 5.44. The maximum absolute atomic E-state index is 5.43. The van der Waals surface area contributed by atoms with Gasteiger partial charge in [0.1, 0.15) is 11.6 Å². The van der Waals surface area contributed by atoms with Crippen LogP contribution in [0.15, 0.2) is 6.07 Å². The minimum absolute atomic E-state index is 0.421. The second-order valence-electron chi connectivity index (χ2n) is 5.44. The van der Waals surface area contributed by atoms with Crippen LogP contribution in [0.3, 0.4) is 0 Å². The van der Waals surface area contributed by atoms with Crippen molar-refractivity contribution in [3.8, 4) is 5.88 Å². The molecule has 1 aliphatic carbocycles. The summed E-state index contributed by atoms with van der Waals surface area (Å²) in [7, 11) is 0. The number of hydrogen-bond acceptors (Lipinski definition) is 4. The summed E-state index contributed by atoms with van der Waals surface area (Å²) in [6.45, 7) is 7.82. The third kappa shape index (κ3) is 3.34. The molecule has 0 atom stereocenters. The lowest BCUT2D eigenvalue weighted by Gasteiger charge is -2.24. The van der Waals surface area contributed by atoms with Crippen molar-refractivity contribution < 1.29 is 4.74 Å². The Kier molecular flexibility index (Phi) is 4.04. The molecule has 0 saturated heterocycles. The fourth-order valence-corrected chi connectivity index (χ4v) is 2.56. The third-order valence-corrected chi connectivity index (χ3v) is 3.61. The standard InChI is InChI=1S/C14H23N3O/c1-4-18-13-9-12(16-11(2)17-13)15-10-14(3)7-5-6-8-14/h9H,4-8,10H2,1-3H3,(H,15,16,17). The number of aromatic nitrogens is 2. The van der Waals surface area contributed by atoms with Gasteiger partial charge in [-0.25, -0.2) is 4.98 Å². The first kappa shape index (κ1) is 13.1. The van der Waals surface area contributed by atoms with Crippen LogP contribution in [0.25, 0.3) is 0 Å². The topological polar surface area (TPSA) is 47.0 Å². The molecule has 1 aromatic heterocycles. The molecule has 0 aliphatic heterocycles. The normalized spacial score (nSPS) is 17.7. The molecule has 1 aliphatic rings. The molecule has 0 bridgehead atoms. The van der Waals surface area contributed by atoms with Gasteiger partial charge in [0.2, 0.25) is 5.88 Å². The summed E-state index contributed by atoms with van der Waals surface area (Å²) in [5, 5.41) is 3.44. The van der Waals surface area contributed by atoms with Gasteiger partial charge in [-0.15, -0.1) is 0 Å². The first-order valence-corrected chi connectivity index (χ1v) is 6.84. The molecule has 0 amide bonds. The number of ether oxygens (including phenoxy) is 1. The summed E-state index contributed by atoms with van der Waals surface area (Å²) in [5.74, 6) is 2.28. The van der Waals surface area contributed by atoms with E-state index in [9.17, 15) is 0 Å². The number of rotatable bonds is 5. The molecule has 0 radical (unpaired) electrons. The van der Waals surface area contributed by atoms with Gasteiger partial charge in [0, 0.05) is 12.6 Å². The zero-order chi connectivity index (χ0) is 13.0. The molecule has 4 nitrogen and oxygen atoms in total. The van der Waals surface area contributed by atoms with Crippen LogP contribution < -0.4 is 10.1 Å². The van der Waals surface area contributed by atoms with Gasteiger partial charge in [-0.3, -0.25) is 0 Å². The molecular formula is C14H23N3O. The van der Waals surface area contributed by atoms with Crippen molar-refractivity contribution in [3.05, 3.63) is 11.9 Å². The van der Waals surface area contributed by atoms with E-state index in [0.29, 0.717) is 17.9 Å². The highest BCUT2D eigenvalue weighted by molar-refractivity contribution is 5.38. The zero-order valence-corrected chi connectivity index (χ0v) is 11.6. The van der Waals surface area contributed by atoms with Crippen molar-refractivity contribution in [2.75, 3.05) is 18.5 Å². The number of aryl methyl sites for hydroxylation is 1. The average molecular weight is 249 g/mol. The van der Waals surface area contributed by atoms with E-state index in [1.807, 2.05) is 19.9 Å². The average Bonchev–Trinajstić information content (AvgIpc) is 2.74. The van der Waals surface area contributed by atoms with Crippen LogP contribution in [-0.2, 0) is 0 Å². The van der Waals surface area contributed by atoms with Crippen LogP contribution in [0.2, 0.25) is 0 Å². The molecule has 0 aromatic carbocycles. The van der Waals surface area contributed by atoms with Crippen LogP contribution in [-0.4, -0.2) is 23.1 Å². The van der Waals surface area contributed by atoms with E-state index < -0.39 is 0 Å². The molecule has 0 spiro atoms. The molecule has 1 fully saturated rings. The van der Waals surface area contributed by atoms with Crippen LogP contribution in [0, 0.1) is 12.3 Å². The van der Waals surface area contributed by atoms with Gasteiger partial charge in [-0.05, 0) is 32.1 Å².